The van der Waals surface area contributed by atoms with Crippen LogP contribution in [0.15, 0.2) is 11.6 Å². The molecule has 2 fully saturated rings. The zero-order valence-electron chi connectivity index (χ0n) is 8.45. The summed E-state index contributed by atoms with van der Waals surface area (Å²) in [6, 6.07) is 0. The Morgan fingerprint density at radius 3 is 3.29 bits per heavy atom. The predicted molar refractivity (Wildman–Crippen MR) is 50.7 cm³/mol. The smallest absolute Gasteiger partial charge is 0.166 e. The first kappa shape index (κ1) is 8.89. The van der Waals surface area contributed by atoms with Crippen LogP contribution in [0, 0.1) is 0 Å². The lowest BCUT2D eigenvalue weighted by atomic mass is 9.81. The maximum absolute atomic E-state index is 9.90. The van der Waals surface area contributed by atoms with Gasteiger partial charge in [-0.3, -0.25) is 0 Å². The molecule has 1 aliphatic carbocycles. The summed E-state index contributed by atoms with van der Waals surface area (Å²) < 4.78 is 11.5. The number of hydrogen-bond acceptors (Lipinski definition) is 3. The van der Waals surface area contributed by atoms with Crippen LogP contribution < -0.4 is 0 Å². The molecule has 0 radical (unpaired) electrons. The van der Waals surface area contributed by atoms with Gasteiger partial charge in [0.25, 0.3) is 0 Å². The van der Waals surface area contributed by atoms with E-state index in [1.807, 2.05) is 0 Å². The Kier molecular flexibility index (Phi) is 1.65. The molecule has 0 saturated carbocycles. The number of ether oxygens (including phenoxy) is 2. The highest BCUT2D eigenvalue weighted by Crippen LogP contribution is 2.51. The standard InChI is InChI=1S/C11H16O3/c1-10(12)6-9-11(14-10)5-3-2-4-8(11)7-13-9/h4,9,12H,2-3,5-7H2,1H3/t9-,10-,11-/m0/s1. The van der Waals surface area contributed by atoms with Gasteiger partial charge in [-0.25, -0.2) is 0 Å². The number of hydrogen-bond donors (Lipinski definition) is 1. The van der Waals surface area contributed by atoms with Crippen LogP contribution in [0.25, 0.3) is 0 Å². The van der Waals surface area contributed by atoms with Gasteiger partial charge in [0.1, 0.15) is 5.60 Å². The van der Waals surface area contributed by atoms with Crippen LogP contribution >= 0.6 is 0 Å². The van der Waals surface area contributed by atoms with Crippen molar-refractivity contribution in [1.82, 2.24) is 0 Å². The number of rotatable bonds is 0. The number of allylic oxidation sites excluding steroid dienone is 1. The molecular weight excluding hydrogens is 180 g/mol. The fourth-order valence-corrected chi connectivity index (χ4v) is 3.03. The zero-order chi connectivity index (χ0) is 9.81. The monoisotopic (exact) mass is 196 g/mol. The highest BCUT2D eigenvalue weighted by molar-refractivity contribution is 5.29. The third-order valence-electron chi connectivity index (χ3n) is 3.61. The Hall–Kier alpha value is -0.380. The highest BCUT2D eigenvalue weighted by atomic mass is 16.7. The maximum atomic E-state index is 9.90. The molecule has 2 saturated heterocycles. The van der Waals surface area contributed by atoms with Crippen LogP contribution in [0.4, 0.5) is 0 Å². The summed E-state index contributed by atoms with van der Waals surface area (Å²) in [5, 5.41) is 9.90. The second-order valence-corrected chi connectivity index (χ2v) is 4.79. The normalized spacial score (nSPS) is 51.3. The van der Waals surface area contributed by atoms with Gasteiger partial charge in [-0.15, -0.1) is 0 Å². The second-order valence-electron chi connectivity index (χ2n) is 4.79. The molecule has 3 nitrogen and oxygen atoms in total. The van der Waals surface area contributed by atoms with E-state index in [0.29, 0.717) is 13.0 Å². The molecular formula is C11H16O3. The minimum absolute atomic E-state index is 0.0732. The lowest BCUT2D eigenvalue weighted by molar-refractivity contribution is -0.203. The lowest BCUT2D eigenvalue weighted by Crippen LogP contribution is -2.39. The topological polar surface area (TPSA) is 38.7 Å². The van der Waals surface area contributed by atoms with Crippen molar-refractivity contribution < 1.29 is 14.6 Å². The van der Waals surface area contributed by atoms with E-state index in [-0.39, 0.29) is 11.7 Å². The average molecular weight is 196 g/mol. The quantitative estimate of drug-likeness (QED) is 0.594. The Morgan fingerprint density at radius 2 is 2.43 bits per heavy atom. The first-order valence-electron chi connectivity index (χ1n) is 5.36. The van der Waals surface area contributed by atoms with Crippen LogP contribution in [0.1, 0.15) is 32.6 Å². The van der Waals surface area contributed by atoms with Crippen molar-refractivity contribution in [3.05, 3.63) is 11.6 Å². The van der Waals surface area contributed by atoms with E-state index >= 15 is 0 Å². The molecule has 3 rings (SSSR count). The van der Waals surface area contributed by atoms with Gasteiger partial charge in [0.05, 0.1) is 12.7 Å². The van der Waals surface area contributed by atoms with Gasteiger partial charge in [-0.1, -0.05) is 6.08 Å². The van der Waals surface area contributed by atoms with Crippen LogP contribution in [0.2, 0.25) is 0 Å². The molecule has 0 aromatic rings. The molecule has 0 unspecified atom stereocenters. The summed E-state index contributed by atoms with van der Waals surface area (Å²) in [4.78, 5) is 0. The molecule has 2 heterocycles. The van der Waals surface area contributed by atoms with Crippen LogP contribution in [0.3, 0.4) is 0 Å². The van der Waals surface area contributed by atoms with Crippen LogP contribution in [-0.2, 0) is 9.47 Å². The van der Waals surface area contributed by atoms with Crippen molar-refractivity contribution >= 4 is 0 Å². The molecule has 78 valence electrons. The maximum Gasteiger partial charge on any atom is 0.166 e. The van der Waals surface area contributed by atoms with Gasteiger partial charge in [0.2, 0.25) is 0 Å². The molecule has 2 aliphatic heterocycles. The highest BCUT2D eigenvalue weighted by Gasteiger charge is 2.59. The predicted octanol–water partition coefficient (Wildman–Crippen LogP) is 1.36. The molecule has 1 spiro atoms. The summed E-state index contributed by atoms with van der Waals surface area (Å²) in [6.07, 6.45) is 6.16. The molecule has 3 aliphatic rings. The van der Waals surface area contributed by atoms with Crippen molar-refractivity contribution in [2.75, 3.05) is 6.61 Å². The SMILES string of the molecule is C[C@@]1(O)C[C@@H]2OCC3=CCCC[C@]32O1. The molecule has 1 N–H and O–H groups in total. The fourth-order valence-electron chi connectivity index (χ4n) is 3.03. The van der Waals surface area contributed by atoms with Crippen molar-refractivity contribution in [1.29, 1.82) is 0 Å². The molecule has 0 aromatic carbocycles. The van der Waals surface area contributed by atoms with E-state index in [2.05, 4.69) is 6.08 Å². The average Bonchev–Trinajstić information content (AvgIpc) is 2.53. The van der Waals surface area contributed by atoms with Gasteiger partial charge < -0.3 is 14.6 Å². The van der Waals surface area contributed by atoms with E-state index < -0.39 is 5.79 Å². The Balaban J connectivity index is 2.01. The van der Waals surface area contributed by atoms with Crippen LogP contribution in [-0.4, -0.2) is 29.2 Å². The lowest BCUT2D eigenvalue weighted by Gasteiger charge is -2.33. The van der Waals surface area contributed by atoms with Crippen molar-refractivity contribution in [2.24, 2.45) is 0 Å². The minimum atomic E-state index is -0.998. The van der Waals surface area contributed by atoms with Gasteiger partial charge >= 0.3 is 0 Å². The van der Waals surface area contributed by atoms with E-state index in [9.17, 15) is 5.11 Å². The first-order valence-corrected chi connectivity index (χ1v) is 5.36. The Morgan fingerprint density at radius 1 is 1.57 bits per heavy atom. The summed E-state index contributed by atoms with van der Waals surface area (Å²) in [5.74, 6) is -0.998. The van der Waals surface area contributed by atoms with E-state index in [4.69, 9.17) is 9.47 Å². The Bertz CT molecular complexity index is 295. The van der Waals surface area contributed by atoms with Gasteiger partial charge in [0, 0.05) is 6.42 Å². The third-order valence-corrected chi connectivity index (χ3v) is 3.61. The zero-order valence-corrected chi connectivity index (χ0v) is 8.45. The molecule has 0 bridgehead atoms. The molecule has 3 atom stereocenters. The van der Waals surface area contributed by atoms with E-state index in [1.165, 1.54) is 5.57 Å². The van der Waals surface area contributed by atoms with Gasteiger partial charge in [0.15, 0.2) is 5.79 Å². The van der Waals surface area contributed by atoms with Crippen molar-refractivity contribution in [2.45, 2.75) is 50.1 Å². The molecule has 0 aromatic heterocycles. The summed E-state index contributed by atoms with van der Waals surface area (Å²) in [5.41, 5.74) is 0.980. The second kappa shape index (κ2) is 2.60. The van der Waals surface area contributed by atoms with Gasteiger partial charge in [-0.2, -0.15) is 0 Å². The fraction of sp³-hybridized carbons (Fsp3) is 0.818. The van der Waals surface area contributed by atoms with Crippen molar-refractivity contribution in [3.63, 3.8) is 0 Å². The Labute approximate surface area is 83.7 Å². The van der Waals surface area contributed by atoms with Gasteiger partial charge in [-0.05, 0) is 31.8 Å². The third kappa shape index (κ3) is 1.03. The summed E-state index contributed by atoms with van der Waals surface area (Å²) >= 11 is 0. The molecule has 3 heteroatoms. The minimum Gasteiger partial charge on any atom is -0.370 e. The van der Waals surface area contributed by atoms with Crippen molar-refractivity contribution in [3.8, 4) is 0 Å². The van der Waals surface area contributed by atoms with E-state index in [0.717, 1.165) is 19.3 Å². The summed E-state index contributed by atoms with van der Waals surface area (Å²) in [7, 11) is 0. The van der Waals surface area contributed by atoms with Crippen LogP contribution in [0.5, 0.6) is 0 Å². The first-order chi connectivity index (χ1) is 6.62. The molecule has 0 amide bonds. The van der Waals surface area contributed by atoms with E-state index in [1.54, 1.807) is 6.92 Å². The molecule has 14 heavy (non-hydrogen) atoms. The largest absolute Gasteiger partial charge is 0.370 e. The summed E-state index contributed by atoms with van der Waals surface area (Å²) in [6.45, 7) is 2.43. The number of aliphatic hydroxyl groups is 1.